The second kappa shape index (κ2) is 9.39. The first kappa shape index (κ1) is 23.0. The Labute approximate surface area is 196 Å². The molecule has 2 atom stereocenters. The van der Waals surface area contributed by atoms with Gasteiger partial charge in [0.1, 0.15) is 23.0 Å². The molecule has 1 fully saturated rings. The summed E-state index contributed by atoms with van der Waals surface area (Å²) in [4.78, 5) is 37.2. The Morgan fingerprint density at radius 1 is 1.21 bits per heavy atom. The van der Waals surface area contributed by atoms with Crippen molar-refractivity contribution in [1.29, 1.82) is 5.26 Å². The predicted octanol–water partition coefficient (Wildman–Crippen LogP) is 2.69. The SMILES string of the molecule is CC[C@H]1CN(c2nc(=O)n(Cc3ccc(OC)cc3)c3ccc(C#N)nc23)C(C)CN1C(=O)O. The van der Waals surface area contributed by atoms with Crippen LogP contribution in [-0.4, -0.2) is 62.9 Å². The average Bonchev–Trinajstić information content (AvgIpc) is 2.85. The summed E-state index contributed by atoms with van der Waals surface area (Å²) in [6.07, 6.45) is -0.338. The molecule has 1 amide bonds. The molecule has 0 aliphatic carbocycles. The van der Waals surface area contributed by atoms with Crippen molar-refractivity contribution >= 4 is 22.9 Å². The van der Waals surface area contributed by atoms with Crippen LogP contribution in [0.25, 0.3) is 11.0 Å². The van der Waals surface area contributed by atoms with Gasteiger partial charge in [-0.15, -0.1) is 0 Å². The maximum atomic E-state index is 13.2. The van der Waals surface area contributed by atoms with Crippen molar-refractivity contribution in [2.75, 3.05) is 25.1 Å². The van der Waals surface area contributed by atoms with Gasteiger partial charge in [0.25, 0.3) is 0 Å². The zero-order chi connectivity index (χ0) is 24.4. The molecule has 0 spiro atoms. The molecule has 0 radical (unpaired) electrons. The van der Waals surface area contributed by atoms with Gasteiger partial charge >= 0.3 is 11.8 Å². The van der Waals surface area contributed by atoms with E-state index >= 15 is 0 Å². The topological polar surface area (TPSA) is 125 Å². The maximum absolute atomic E-state index is 13.2. The van der Waals surface area contributed by atoms with Crippen molar-refractivity contribution in [3.63, 3.8) is 0 Å². The highest BCUT2D eigenvalue weighted by molar-refractivity contribution is 5.86. The largest absolute Gasteiger partial charge is 0.497 e. The van der Waals surface area contributed by atoms with E-state index in [-0.39, 0.29) is 30.9 Å². The lowest BCUT2D eigenvalue weighted by atomic mass is 10.1. The molecule has 0 bridgehead atoms. The Morgan fingerprint density at radius 2 is 1.94 bits per heavy atom. The molecule has 0 saturated carbocycles. The first-order valence-corrected chi connectivity index (χ1v) is 11.1. The standard InChI is InChI=1S/C24H26N6O4/c1-4-18-14-28(15(2)12-29(18)24(32)33)22-21-20(10-7-17(11-25)26-21)30(23(31)27-22)13-16-5-8-19(34-3)9-6-16/h5-10,15,18H,4,12-14H2,1-3H3,(H,32,33)/t15?,18-/m0/s1. The van der Waals surface area contributed by atoms with E-state index in [1.165, 1.54) is 9.47 Å². The number of carbonyl (C=O) groups is 1. The van der Waals surface area contributed by atoms with Gasteiger partial charge in [-0.1, -0.05) is 19.1 Å². The molecule has 2 aromatic heterocycles. The highest BCUT2D eigenvalue weighted by Gasteiger charge is 2.35. The van der Waals surface area contributed by atoms with Crippen LogP contribution in [0.3, 0.4) is 0 Å². The third kappa shape index (κ3) is 4.24. The Hall–Kier alpha value is -4.13. The van der Waals surface area contributed by atoms with Crippen LogP contribution >= 0.6 is 0 Å². The number of aromatic nitrogens is 3. The lowest BCUT2D eigenvalue weighted by Crippen LogP contribution is -2.59. The summed E-state index contributed by atoms with van der Waals surface area (Å²) in [5, 5.41) is 19.0. The number of amides is 1. The van der Waals surface area contributed by atoms with E-state index in [1.54, 1.807) is 19.2 Å². The number of pyridine rings is 1. The molecule has 4 rings (SSSR count). The third-order valence-electron chi connectivity index (χ3n) is 6.25. The van der Waals surface area contributed by atoms with Crippen LogP contribution < -0.4 is 15.3 Å². The Balaban J connectivity index is 1.82. The Kier molecular flexibility index (Phi) is 6.36. The van der Waals surface area contributed by atoms with Gasteiger partial charge in [0.05, 0.1) is 25.2 Å². The minimum absolute atomic E-state index is 0.217. The van der Waals surface area contributed by atoms with E-state index < -0.39 is 11.8 Å². The number of carboxylic acid groups (broad SMARTS) is 1. The first-order chi connectivity index (χ1) is 16.4. The van der Waals surface area contributed by atoms with Crippen molar-refractivity contribution in [3.8, 4) is 11.8 Å². The molecule has 1 unspecified atom stereocenters. The number of anilines is 1. The summed E-state index contributed by atoms with van der Waals surface area (Å²) >= 11 is 0. The Bertz CT molecular complexity index is 1310. The lowest BCUT2D eigenvalue weighted by Gasteiger charge is -2.44. The molecule has 176 valence electrons. The zero-order valence-electron chi connectivity index (χ0n) is 19.3. The average molecular weight is 463 g/mol. The van der Waals surface area contributed by atoms with Crippen molar-refractivity contribution in [3.05, 3.63) is 58.1 Å². The number of nitrogens with zero attached hydrogens (tertiary/aromatic N) is 6. The highest BCUT2D eigenvalue weighted by Crippen LogP contribution is 2.28. The molecule has 1 aromatic carbocycles. The first-order valence-electron chi connectivity index (χ1n) is 11.1. The molecule has 1 saturated heterocycles. The predicted molar refractivity (Wildman–Crippen MR) is 126 cm³/mol. The fraction of sp³-hybridized carbons (Fsp3) is 0.375. The van der Waals surface area contributed by atoms with Gasteiger partial charge in [-0.3, -0.25) is 4.57 Å². The van der Waals surface area contributed by atoms with Gasteiger partial charge in [-0.05, 0) is 43.2 Å². The van der Waals surface area contributed by atoms with Crippen molar-refractivity contribution < 1.29 is 14.6 Å². The fourth-order valence-electron chi connectivity index (χ4n) is 4.39. The van der Waals surface area contributed by atoms with Crippen LogP contribution in [0.1, 0.15) is 31.5 Å². The summed E-state index contributed by atoms with van der Waals surface area (Å²) in [6.45, 7) is 4.77. The molecular weight excluding hydrogens is 436 g/mol. The monoisotopic (exact) mass is 462 g/mol. The number of rotatable bonds is 5. The lowest BCUT2D eigenvalue weighted by molar-refractivity contribution is 0.108. The minimum Gasteiger partial charge on any atom is -0.497 e. The number of fused-ring (bicyclic) bond motifs is 1. The molecule has 34 heavy (non-hydrogen) atoms. The third-order valence-corrected chi connectivity index (χ3v) is 6.25. The normalized spacial score (nSPS) is 18.1. The van der Waals surface area contributed by atoms with Crippen molar-refractivity contribution in [2.45, 2.75) is 38.9 Å². The maximum Gasteiger partial charge on any atom is 0.407 e. The molecule has 10 nitrogen and oxygen atoms in total. The van der Waals surface area contributed by atoms with Gasteiger partial charge in [-0.2, -0.15) is 10.2 Å². The van der Waals surface area contributed by atoms with E-state index in [9.17, 15) is 20.0 Å². The number of methoxy groups -OCH3 is 1. The van der Waals surface area contributed by atoms with E-state index in [1.807, 2.05) is 43.0 Å². The van der Waals surface area contributed by atoms with Crippen LogP contribution in [0.4, 0.5) is 10.6 Å². The van der Waals surface area contributed by atoms with E-state index in [4.69, 9.17) is 4.74 Å². The van der Waals surface area contributed by atoms with Crippen LogP contribution in [0.15, 0.2) is 41.2 Å². The summed E-state index contributed by atoms with van der Waals surface area (Å²) in [5.41, 5.74) is 1.67. The van der Waals surface area contributed by atoms with Gasteiger partial charge < -0.3 is 19.6 Å². The molecule has 1 N–H and O–H groups in total. The summed E-state index contributed by atoms with van der Waals surface area (Å²) in [5.74, 6) is 1.09. The van der Waals surface area contributed by atoms with Crippen LogP contribution in [0, 0.1) is 11.3 Å². The number of ether oxygens (including phenoxy) is 1. The molecular formula is C24H26N6O4. The van der Waals surface area contributed by atoms with Crippen molar-refractivity contribution in [1.82, 2.24) is 19.4 Å². The van der Waals surface area contributed by atoms with Gasteiger partial charge in [-0.25, -0.2) is 14.6 Å². The summed E-state index contributed by atoms with van der Waals surface area (Å²) in [7, 11) is 1.59. The number of hydrogen-bond acceptors (Lipinski definition) is 7. The summed E-state index contributed by atoms with van der Waals surface area (Å²) in [6, 6.07) is 12.3. The molecule has 3 heterocycles. The minimum atomic E-state index is -0.962. The second-order valence-corrected chi connectivity index (χ2v) is 8.33. The Morgan fingerprint density at radius 3 is 2.56 bits per heavy atom. The van der Waals surface area contributed by atoms with E-state index in [2.05, 4.69) is 16.0 Å². The van der Waals surface area contributed by atoms with Crippen LogP contribution in [0.5, 0.6) is 5.75 Å². The number of piperazine rings is 1. The summed E-state index contributed by atoms with van der Waals surface area (Å²) < 4.78 is 6.74. The molecule has 1 aliphatic heterocycles. The quantitative estimate of drug-likeness (QED) is 0.614. The smallest absolute Gasteiger partial charge is 0.407 e. The molecule has 3 aromatic rings. The second-order valence-electron chi connectivity index (χ2n) is 8.33. The number of nitriles is 1. The van der Waals surface area contributed by atoms with Crippen LogP contribution in [0.2, 0.25) is 0 Å². The molecule has 10 heteroatoms. The number of benzene rings is 1. The van der Waals surface area contributed by atoms with Gasteiger partial charge in [0.15, 0.2) is 5.82 Å². The van der Waals surface area contributed by atoms with Gasteiger partial charge in [0, 0.05) is 19.1 Å². The molecule has 1 aliphatic rings. The van der Waals surface area contributed by atoms with E-state index in [0.717, 1.165) is 11.3 Å². The van der Waals surface area contributed by atoms with Gasteiger partial charge in [0.2, 0.25) is 0 Å². The fourth-order valence-corrected chi connectivity index (χ4v) is 4.39. The number of hydrogen-bond donors (Lipinski definition) is 1. The van der Waals surface area contributed by atoms with E-state index in [0.29, 0.717) is 29.8 Å². The zero-order valence-corrected chi connectivity index (χ0v) is 19.3. The highest BCUT2D eigenvalue weighted by atomic mass is 16.5. The van der Waals surface area contributed by atoms with Crippen molar-refractivity contribution in [2.24, 2.45) is 0 Å². The van der Waals surface area contributed by atoms with Crippen LogP contribution in [-0.2, 0) is 6.54 Å².